The Hall–Kier alpha value is -1.81. The van der Waals surface area contributed by atoms with Gasteiger partial charge in [-0.25, -0.2) is 0 Å². The Morgan fingerprint density at radius 2 is 1.67 bits per heavy atom. The van der Waals surface area contributed by atoms with Gasteiger partial charge < -0.3 is 15.2 Å². The Kier molecular flexibility index (Phi) is 17.9. The van der Waals surface area contributed by atoms with Crippen LogP contribution in [0, 0.1) is 0 Å². The molecule has 1 fully saturated rings. The van der Waals surface area contributed by atoms with Gasteiger partial charge in [0, 0.05) is 29.7 Å². The summed E-state index contributed by atoms with van der Waals surface area (Å²) < 4.78 is 0. The lowest BCUT2D eigenvalue weighted by Gasteiger charge is -2.12. The summed E-state index contributed by atoms with van der Waals surface area (Å²) in [6, 6.07) is 8.39. The quantitative estimate of drug-likeness (QED) is 0.727. The number of likely N-dealkylation sites (tertiary alicyclic amines) is 1. The number of para-hydroxylation sites is 1. The van der Waals surface area contributed by atoms with Crippen LogP contribution >= 0.6 is 0 Å². The van der Waals surface area contributed by atoms with Gasteiger partial charge in [-0.05, 0) is 31.6 Å². The summed E-state index contributed by atoms with van der Waals surface area (Å²) in [6.07, 6.45) is 3.44. The Bertz CT molecular complexity index is 592. The van der Waals surface area contributed by atoms with Crippen molar-refractivity contribution in [1.82, 2.24) is 15.2 Å². The van der Waals surface area contributed by atoms with E-state index in [4.69, 9.17) is 0 Å². The molecule has 1 atom stereocenters. The average Bonchev–Trinajstić information content (AvgIpc) is 3.34. The molecule has 0 spiro atoms. The predicted octanol–water partition coefficient (Wildman–Crippen LogP) is 5.64. The number of amides is 1. The molecule has 0 saturated carbocycles. The zero-order valence-electron chi connectivity index (χ0n) is 19.1. The van der Waals surface area contributed by atoms with Gasteiger partial charge in [-0.2, -0.15) is 0 Å². The third kappa shape index (κ3) is 9.62. The number of carbonyl (C=O) groups excluding carboxylic acids is 1. The number of likely N-dealkylation sites (N-methyl/N-ethyl adjacent to an activating group) is 1. The van der Waals surface area contributed by atoms with Crippen LogP contribution in [0.25, 0.3) is 10.9 Å². The molecule has 1 aromatic carbocycles. The van der Waals surface area contributed by atoms with Gasteiger partial charge in [0.1, 0.15) is 0 Å². The van der Waals surface area contributed by atoms with Crippen LogP contribution in [0.2, 0.25) is 0 Å². The third-order valence-corrected chi connectivity index (χ3v) is 3.78. The van der Waals surface area contributed by atoms with E-state index in [1.807, 2.05) is 79.8 Å². The molecule has 2 N–H and O–H groups in total. The fraction of sp³-hybridized carbons (Fsp3) is 0.609. The zero-order chi connectivity index (χ0) is 21.2. The summed E-state index contributed by atoms with van der Waals surface area (Å²) in [5, 5.41) is 4.26. The highest BCUT2D eigenvalue weighted by atomic mass is 16.1. The van der Waals surface area contributed by atoms with Crippen molar-refractivity contribution in [2.24, 2.45) is 0 Å². The van der Waals surface area contributed by atoms with E-state index in [-0.39, 0.29) is 5.91 Å². The minimum Gasteiger partial charge on any atom is -0.361 e. The van der Waals surface area contributed by atoms with E-state index in [0.717, 1.165) is 36.0 Å². The molecule has 1 amide bonds. The first-order chi connectivity index (χ1) is 13.2. The van der Waals surface area contributed by atoms with E-state index in [0.29, 0.717) is 12.5 Å². The lowest BCUT2D eigenvalue weighted by atomic mass is 10.1. The Balaban J connectivity index is 0. The van der Waals surface area contributed by atoms with Crippen molar-refractivity contribution >= 4 is 16.8 Å². The summed E-state index contributed by atoms with van der Waals surface area (Å²) in [5.41, 5.74) is 2.16. The second kappa shape index (κ2) is 17.6. The number of hydrogen-bond acceptors (Lipinski definition) is 2. The first kappa shape index (κ1) is 27.4. The number of rotatable bonds is 3. The molecular weight excluding hydrogens is 334 g/mol. The fourth-order valence-electron chi connectivity index (χ4n) is 2.78. The SMILES string of the molecule is CC.CC.CC.CC.CN1CC[C@@H](NC(=O)Cc2c[nH]c3ccccc23)C1. The maximum atomic E-state index is 12.1. The number of aromatic nitrogens is 1. The molecule has 4 nitrogen and oxygen atoms in total. The molecule has 0 radical (unpaired) electrons. The summed E-state index contributed by atoms with van der Waals surface area (Å²) in [7, 11) is 2.09. The molecule has 156 valence electrons. The van der Waals surface area contributed by atoms with E-state index in [9.17, 15) is 4.79 Å². The number of hydrogen-bond donors (Lipinski definition) is 2. The first-order valence-electron chi connectivity index (χ1n) is 10.8. The van der Waals surface area contributed by atoms with Crippen LogP contribution in [0.5, 0.6) is 0 Å². The van der Waals surface area contributed by atoms with Crippen molar-refractivity contribution in [3.63, 3.8) is 0 Å². The molecule has 2 heterocycles. The van der Waals surface area contributed by atoms with E-state index in [2.05, 4.69) is 28.3 Å². The van der Waals surface area contributed by atoms with E-state index >= 15 is 0 Å². The predicted molar refractivity (Wildman–Crippen MR) is 121 cm³/mol. The van der Waals surface area contributed by atoms with Crippen LogP contribution in [0.4, 0.5) is 0 Å². The number of H-pyrrole nitrogens is 1. The smallest absolute Gasteiger partial charge is 0.224 e. The van der Waals surface area contributed by atoms with Gasteiger partial charge in [0.15, 0.2) is 0 Å². The summed E-state index contributed by atoms with van der Waals surface area (Å²) in [6.45, 7) is 18.0. The maximum absolute atomic E-state index is 12.1. The topological polar surface area (TPSA) is 48.1 Å². The maximum Gasteiger partial charge on any atom is 0.224 e. The Morgan fingerprint density at radius 1 is 1.07 bits per heavy atom. The number of aromatic amines is 1. The highest BCUT2D eigenvalue weighted by molar-refractivity contribution is 5.88. The second-order valence-electron chi connectivity index (χ2n) is 5.35. The lowest BCUT2D eigenvalue weighted by molar-refractivity contribution is -0.121. The standard InChI is InChI=1S/C15H19N3O.4C2H6/c1-18-7-6-12(10-18)17-15(19)8-11-9-16-14-5-3-2-4-13(11)14;4*1-2/h2-5,9,12,16H,6-8,10H2,1H3,(H,17,19);4*1-2H3/t12-;;;;/m1..../s1. The molecule has 4 heteroatoms. The van der Waals surface area contributed by atoms with Crippen molar-refractivity contribution in [1.29, 1.82) is 0 Å². The van der Waals surface area contributed by atoms with E-state index in [1.165, 1.54) is 0 Å². The van der Waals surface area contributed by atoms with Crippen molar-refractivity contribution in [2.45, 2.75) is 74.3 Å². The number of nitrogens with one attached hydrogen (secondary N) is 2. The van der Waals surface area contributed by atoms with Crippen LogP contribution in [-0.4, -0.2) is 42.0 Å². The zero-order valence-corrected chi connectivity index (χ0v) is 19.1. The highest BCUT2D eigenvalue weighted by Gasteiger charge is 2.21. The number of carbonyl (C=O) groups is 1. The number of fused-ring (bicyclic) bond motifs is 1. The summed E-state index contributed by atoms with van der Waals surface area (Å²) in [4.78, 5) is 17.5. The van der Waals surface area contributed by atoms with Crippen molar-refractivity contribution in [3.8, 4) is 0 Å². The van der Waals surface area contributed by atoms with Crippen molar-refractivity contribution in [2.75, 3.05) is 20.1 Å². The molecule has 1 aliphatic rings. The van der Waals surface area contributed by atoms with Crippen molar-refractivity contribution in [3.05, 3.63) is 36.0 Å². The first-order valence-corrected chi connectivity index (χ1v) is 10.8. The van der Waals surface area contributed by atoms with Crippen LogP contribution in [0.15, 0.2) is 30.5 Å². The molecule has 0 aliphatic carbocycles. The van der Waals surface area contributed by atoms with Gasteiger partial charge in [0.05, 0.1) is 6.42 Å². The average molecular weight is 378 g/mol. The second-order valence-corrected chi connectivity index (χ2v) is 5.35. The van der Waals surface area contributed by atoms with Crippen LogP contribution in [-0.2, 0) is 11.2 Å². The number of nitrogens with zero attached hydrogens (tertiary/aromatic N) is 1. The highest BCUT2D eigenvalue weighted by Crippen LogP contribution is 2.18. The molecule has 3 rings (SSSR count). The number of benzene rings is 1. The molecule has 0 unspecified atom stereocenters. The monoisotopic (exact) mass is 377 g/mol. The van der Waals surface area contributed by atoms with Gasteiger partial charge in [0.2, 0.25) is 5.91 Å². The van der Waals surface area contributed by atoms with Gasteiger partial charge in [-0.3, -0.25) is 4.79 Å². The molecule has 0 bridgehead atoms. The molecular formula is C23H43N3O. The van der Waals surface area contributed by atoms with Gasteiger partial charge in [-0.1, -0.05) is 73.6 Å². The molecule has 2 aromatic rings. The van der Waals surface area contributed by atoms with Crippen LogP contribution in [0.1, 0.15) is 67.4 Å². The van der Waals surface area contributed by atoms with Crippen LogP contribution < -0.4 is 5.32 Å². The van der Waals surface area contributed by atoms with Gasteiger partial charge in [-0.15, -0.1) is 0 Å². The van der Waals surface area contributed by atoms with Crippen LogP contribution in [0.3, 0.4) is 0 Å². The minimum atomic E-state index is 0.116. The summed E-state index contributed by atoms with van der Waals surface area (Å²) in [5.74, 6) is 0.116. The molecule has 1 saturated heterocycles. The molecule has 1 aromatic heterocycles. The normalized spacial score (nSPS) is 14.9. The van der Waals surface area contributed by atoms with E-state index < -0.39 is 0 Å². The van der Waals surface area contributed by atoms with Gasteiger partial charge in [0.25, 0.3) is 0 Å². The minimum absolute atomic E-state index is 0.116. The Morgan fingerprint density at radius 3 is 2.22 bits per heavy atom. The lowest BCUT2D eigenvalue weighted by Crippen LogP contribution is -2.37. The Labute approximate surface area is 167 Å². The van der Waals surface area contributed by atoms with Gasteiger partial charge >= 0.3 is 0 Å². The van der Waals surface area contributed by atoms with E-state index in [1.54, 1.807) is 0 Å². The van der Waals surface area contributed by atoms with Crippen molar-refractivity contribution < 1.29 is 4.79 Å². The fourth-order valence-corrected chi connectivity index (χ4v) is 2.78. The molecule has 1 aliphatic heterocycles. The largest absolute Gasteiger partial charge is 0.361 e. The third-order valence-electron chi connectivity index (χ3n) is 3.78. The summed E-state index contributed by atoms with van der Waals surface area (Å²) >= 11 is 0. The molecule has 27 heavy (non-hydrogen) atoms.